The van der Waals surface area contributed by atoms with E-state index in [1.165, 1.54) is 21.3 Å². The molecule has 5 N–H and O–H groups in total. The third-order valence-electron chi connectivity index (χ3n) is 15.6. The highest BCUT2D eigenvalue weighted by Gasteiger charge is 2.51. The third-order valence-corrected chi connectivity index (χ3v) is 15.6. The zero-order chi connectivity index (χ0) is 50.1. The SMILES string of the molecule is CC[C@@]1(O)C(=O)OCc2c1cc1n(c2=O)Cc2c-1nc1cc(F)c(C)c3c1c2C(NC(=O)OC(C)(C)C(=O)N1CC2(CCN(Cc4ccc(-n5c(-c6cc(C)c(O)cc6O)n[nH]c5=O)cc4)CC2)C1)CC3. The number of aliphatic hydroxyl groups is 1. The molecule has 1 unspecified atom stereocenters. The number of aromatic amines is 1. The summed E-state index contributed by atoms with van der Waals surface area (Å²) in [6, 6.07) is 12.7. The summed E-state index contributed by atoms with van der Waals surface area (Å²) in [4.78, 5) is 76.6. The lowest BCUT2D eigenvalue weighted by Gasteiger charge is -2.55. The van der Waals surface area contributed by atoms with E-state index in [1.54, 1.807) is 51.7 Å². The van der Waals surface area contributed by atoms with Crippen molar-refractivity contribution in [1.82, 2.24) is 39.4 Å². The lowest BCUT2D eigenvalue weighted by Crippen LogP contribution is -2.65. The number of phenols is 2. The highest BCUT2D eigenvalue weighted by atomic mass is 19.1. The molecule has 1 aliphatic carbocycles. The van der Waals surface area contributed by atoms with E-state index in [1.807, 2.05) is 24.3 Å². The molecule has 18 nitrogen and oxygen atoms in total. The summed E-state index contributed by atoms with van der Waals surface area (Å²) in [5.41, 5.74) is 1.89. The second kappa shape index (κ2) is 16.3. The number of likely N-dealkylation sites (tertiary alicyclic amines) is 2. The molecule has 2 amide bonds. The van der Waals surface area contributed by atoms with Crippen molar-refractivity contribution < 1.29 is 43.6 Å². The number of fused-ring (bicyclic) bond motifs is 5. The van der Waals surface area contributed by atoms with Gasteiger partial charge in [-0.05, 0) is 125 Å². The summed E-state index contributed by atoms with van der Waals surface area (Å²) in [6.45, 7) is 11.4. The molecule has 0 bridgehead atoms. The predicted octanol–water partition coefficient (Wildman–Crippen LogP) is 5.40. The minimum absolute atomic E-state index is 0.0243. The molecule has 0 radical (unpaired) electrons. The summed E-state index contributed by atoms with van der Waals surface area (Å²) >= 11 is 0. The van der Waals surface area contributed by atoms with Crippen molar-refractivity contribution in [2.75, 3.05) is 26.2 Å². The molecule has 6 aromatic rings. The summed E-state index contributed by atoms with van der Waals surface area (Å²) in [6.07, 6.45) is 1.73. The van der Waals surface area contributed by atoms with Gasteiger partial charge in [-0.1, -0.05) is 19.1 Å². The maximum absolute atomic E-state index is 15.5. The molecule has 2 fully saturated rings. The van der Waals surface area contributed by atoms with Gasteiger partial charge in [0, 0.05) is 53.7 Å². The number of hydrogen-bond acceptors (Lipinski definition) is 13. The van der Waals surface area contributed by atoms with E-state index in [4.69, 9.17) is 14.5 Å². The molecule has 5 aliphatic rings. The fourth-order valence-corrected chi connectivity index (χ4v) is 11.5. The van der Waals surface area contributed by atoms with E-state index in [0.29, 0.717) is 88.3 Å². The minimum Gasteiger partial charge on any atom is -0.508 e. The number of benzene rings is 3. The number of alkyl carbamates (subject to hydrolysis) is 1. The Morgan fingerprint density at radius 1 is 1.00 bits per heavy atom. The van der Waals surface area contributed by atoms with Crippen LogP contribution in [0, 0.1) is 25.1 Å². The Bertz CT molecular complexity index is 3400. The van der Waals surface area contributed by atoms with E-state index in [0.717, 1.165) is 37.1 Å². The van der Waals surface area contributed by atoms with E-state index in [-0.39, 0.29) is 59.3 Å². The summed E-state index contributed by atoms with van der Waals surface area (Å²) in [7, 11) is 0. The summed E-state index contributed by atoms with van der Waals surface area (Å²) in [5.74, 6) is -1.64. The number of ether oxygens (including phenoxy) is 2. The maximum Gasteiger partial charge on any atom is 0.408 e. The number of amides is 2. The van der Waals surface area contributed by atoms with Gasteiger partial charge >= 0.3 is 17.8 Å². The van der Waals surface area contributed by atoms with Crippen LogP contribution in [-0.4, -0.2) is 99.2 Å². The van der Waals surface area contributed by atoms with Gasteiger partial charge in [0.25, 0.3) is 11.5 Å². The Balaban J connectivity index is 0.745. The Labute approximate surface area is 405 Å². The molecule has 368 valence electrons. The number of cyclic esters (lactones) is 1. The highest BCUT2D eigenvalue weighted by molar-refractivity contribution is 5.94. The molecule has 11 rings (SSSR count). The number of rotatable bonds is 8. The molecule has 19 heteroatoms. The number of phenolic OH excluding ortho intramolecular Hbond substituents is 2. The molecule has 1 spiro atoms. The number of H-pyrrole nitrogens is 1. The number of esters is 1. The Morgan fingerprint density at radius 2 is 1.73 bits per heavy atom. The van der Waals surface area contributed by atoms with E-state index in [2.05, 4.69) is 20.4 Å². The third kappa shape index (κ3) is 7.29. The lowest BCUT2D eigenvalue weighted by molar-refractivity contribution is -0.172. The second-order valence-electron chi connectivity index (χ2n) is 20.4. The number of aryl methyl sites for hydroxylation is 2. The zero-order valence-electron chi connectivity index (χ0n) is 39.9. The van der Waals surface area contributed by atoms with Crippen LogP contribution in [0.5, 0.6) is 11.5 Å². The lowest BCUT2D eigenvalue weighted by atomic mass is 9.71. The largest absolute Gasteiger partial charge is 0.508 e. The average molecular weight is 969 g/mol. The van der Waals surface area contributed by atoms with E-state index in [9.17, 15) is 39.3 Å². The van der Waals surface area contributed by atoms with Crippen LogP contribution >= 0.6 is 0 Å². The van der Waals surface area contributed by atoms with Crippen molar-refractivity contribution in [1.29, 1.82) is 0 Å². The number of aromatic hydroxyl groups is 2. The Morgan fingerprint density at radius 3 is 2.45 bits per heavy atom. The van der Waals surface area contributed by atoms with Crippen LogP contribution in [0.4, 0.5) is 9.18 Å². The van der Waals surface area contributed by atoms with Crippen LogP contribution < -0.4 is 16.6 Å². The Hall–Kier alpha value is -7.38. The van der Waals surface area contributed by atoms with Crippen molar-refractivity contribution >= 4 is 28.9 Å². The molecule has 71 heavy (non-hydrogen) atoms. The van der Waals surface area contributed by atoms with Gasteiger partial charge in [-0.25, -0.2) is 33.4 Å². The molecule has 2 atom stereocenters. The molecule has 2 saturated heterocycles. The Kier molecular flexibility index (Phi) is 10.6. The highest BCUT2D eigenvalue weighted by Crippen LogP contribution is 2.47. The normalized spacial score (nSPS) is 20.0. The maximum atomic E-state index is 15.5. The first-order valence-corrected chi connectivity index (χ1v) is 23.9. The number of halogens is 1. The number of nitrogens with one attached hydrogen (secondary N) is 2. The van der Waals surface area contributed by atoms with Crippen LogP contribution in [0.1, 0.15) is 97.0 Å². The molecular weight excluding hydrogens is 916 g/mol. The molecule has 0 saturated carbocycles. The molecule has 4 aliphatic heterocycles. The number of nitrogens with zero attached hydrogens (tertiary/aromatic N) is 6. The van der Waals surface area contributed by atoms with Crippen LogP contribution in [0.2, 0.25) is 0 Å². The van der Waals surface area contributed by atoms with Gasteiger partial charge in [0.05, 0.1) is 46.3 Å². The van der Waals surface area contributed by atoms with Crippen molar-refractivity contribution in [2.45, 2.75) is 104 Å². The number of aromatic nitrogens is 5. The number of pyridine rings is 2. The van der Waals surface area contributed by atoms with Crippen molar-refractivity contribution in [3.05, 3.63) is 120 Å². The predicted molar refractivity (Wildman–Crippen MR) is 255 cm³/mol. The quantitative estimate of drug-likeness (QED) is 0.120. The molecule has 7 heterocycles. The van der Waals surface area contributed by atoms with Crippen molar-refractivity contribution in [3.8, 4) is 40.0 Å². The number of carbonyl (C=O) groups excluding carboxylic acids is 3. The summed E-state index contributed by atoms with van der Waals surface area (Å²) in [5, 5.41) is 42.3. The van der Waals surface area contributed by atoms with Gasteiger partial charge in [-0.2, -0.15) is 5.10 Å². The smallest absolute Gasteiger partial charge is 0.408 e. The molecule has 3 aromatic heterocycles. The molecular formula is C52H53FN8O10. The van der Waals surface area contributed by atoms with Crippen molar-refractivity contribution in [2.24, 2.45) is 5.41 Å². The standard InChI is InChI=1S/C52H53FN8O10/c1-6-52(69)34-18-38-43-32(22-60(38)45(64)33(34)23-70-47(52)66)42-36(12-11-30-27(3)35(53)19-37(54-43)41(30)42)55-49(68)71-50(4,5)46(65)59-24-51(25-59)13-15-58(16-14-51)21-28-7-9-29(10-8-28)61-44(56-57-48(61)67)31-17-26(2)39(62)20-40(31)63/h7-10,17-20,36,62-63,69H,6,11-16,21-25H2,1-5H3,(H,55,68)(H,57,67)/t36?,52-/m0/s1. The number of piperidine rings is 1. The van der Waals surface area contributed by atoms with Crippen molar-refractivity contribution in [3.63, 3.8) is 0 Å². The zero-order valence-corrected chi connectivity index (χ0v) is 39.9. The van der Waals surface area contributed by atoms with Gasteiger partial charge in [0.2, 0.25) is 0 Å². The van der Waals surface area contributed by atoms with Gasteiger partial charge in [0.1, 0.15) is 23.9 Å². The van der Waals surface area contributed by atoms with Gasteiger partial charge in [0.15, 0.2) is 17.0 Å². The number of hydrogen-bond donors (Lipinski definition) is 5. The van der Waals surface area contributed by atoms with Crippen LogP contribution in [-0.2, 0) is 50.8 Å². The van der Waals surface area contributed by atoms with E-state index >= 15 is 4.39 Å². The van der Waals surface area contributed by atoms with Crippen LogP contribution in [0.15, 0.2) is 58.1 Å². The first-order chi connectivity index (χ1) is 33.8. The van der Waals surface area contributed by atoms with E-state index < -0.39 is 46.4 Å². The van der Waals surface area contributed by atoms with Crippen LogP contribution in [0.3, 0.4) is 0 Å². The fourth-order valence-electron chi connectivity index (χ4n) is 11.5. The second-order valence-corrected chi connectivity index (χ2v) is 20.4. The monoisotopic (exact) mass is 968 g/mol. The fraction of sp³-hybridized carbons (Fsp3) is 0.404. The first-order valence-electron chi connectivity index (χ1n) is 23.9. The average Bonchev–Trinajstić information content (AvgIpc) is 3.90. The topological polar surface area (TPSA) is 234 Å². The summed E-state index contributed by atoms with van der Waals surface area (Å²) < 4.78 is 29.5. The molecule has 3 aromatic carbocycles. The van der Waals surface area contributed by atoms with Crippen LogP contribution in [0.25, 0.3) is 39.4 Å². The minimum atomic E-state index is -2.03. The van der Waals surface area contributed by atoms with Gasteiger partial charge < -0.3 is 39.6 Å². The van der Waals surface area contributed by atoms with Gasteiger partial charge in [-0.15, -0.1) is 0 Å². The number of carbonyl (C=O) groups is 3. The van der Waals surface area contributed by atoms with Gasteiger partial charge in [-0.3, -0.25) is 14.5 Å². The first kappa shape index (κ1) is 46.0.